The van der Waals surface area contributed by atoms with Crippen LogP contribution in [0.5, 0.6) is 0 Å². The fraction of sp³-hybridized carbons (Fsp3) is 0.333. The maximum Gasteiger partial charge on any atom is 0.254 e. The number of rotatable bonds is 8. The quantitative estimate of drug-likeness (QED) is 0.245. The molecule has 0 atom stereocenters. The fourth-order valence-electron chi connectivity index (χ4n) is 2.67. The van der Waals surface area contributed by atoms with E-state index in [-0.39, 0.29) is 12.4 Å². The minimum absolute atomic E-state index is 0. The topological polar surface area (TPSA) is 89.9 Å². The molecule has 1 aromatic carbocycles. The van der Waals surface area contributed by atoms with E-state index in [1.807, 2.05) is 45.3 Å². The summed E-state index contributed by atoms with van der Waals surface area (Å²) in [4.78, 5) is 11.1. The van der Waals surface area contributed by atoms with Crippen LogP contribution in [0.1, 0.15) is 11.3 Å². The van der Waals surface area contributed by atoms with Crippen LogP contribution in [-0.4, -0.2) is 65.3 Å². The van der Waals surface area contributed by atoms with Gasteiger partial charge in [-0.05, 0) is 67.0 Å². The summed E-state index contributed by atoms with van der Waals surface area (Å²) in [6.07, 6.45) is 0. The zero-order chi connectivity index (χ0) is 22.0. The molecule has 0 radical (unpaired) electrons. The fourth-order valence-corrected chi connectivity index (χ4v) is 5.17. The SMILES string of the molecule is Cc1cc(Sc2nnnn2CCN(C)C)n2nc(SCc3c(Cl)cccc3Cl)nc2n1.Cl. The molecule has 0 aliphatic heterocycles. The van der Waals surface area contributed by atoms with Gasteiger partial charge in [0.25, 0.3) is 5.78 Å². The highest BCUT2D eigenvalue weighted by molar-refractivity contribution is 7.99. The minimum Gasteiger partial charge on any atom is -0.308 e. The summed E-state index contributed by atoms with van der Waals surface area (Å²) in [5, 5.41) is 20.0. The van der Waals surface area contributed by atoms with Gasteiger partial charge in [-0.3, -0.25) is 0 Å². The molecule has 0 fully saturated rings. The molecule has 3 heterocycles. The number of thioether (sulfide) groups is 1. The number of hydrogen-bond donors (Lipinski definition) is 0. The Hall–Kier alpha value is -1.63. The standard InChI is InChI=1S/C18H19Cl2N9S2.ClH/c1-11-9-15(31-18-23-25-26-28(18)8-7-27(2)3)29-16(21-11)22-17(24-29)30-10-12-13(19)5-4-6-14(12)20;/h4-6,9H,7-8,10H2,1-3H3;1H. The number of likely N-dealkylation sites (N-methyl/N-ethyl adjacent to an activating group) is 1. The Morgan fingerprint density at radius 2 is 1.88 bits per heavy atom. The number of hydrogen-bond acceptors (Lipinski definition) is 9. The molecular weight excluding hydrogens is 513 g/mol. The first kappa shape index (κ1) is 25.0. The van der Waals surface area contributed by atoms with Gasteiger partial charge in [0.15, 0.2) is 0 Å². The third-order valence-electron chi connectivity index (χ3n) is 4.25. The molecule has 0 aliphatic rings. The summed E-state index contributed by atoms with van der Waals surface area (Å²) in [5.74, 6) is 1.07. The molecule has 3 aromatic heterocycles. The molecule has 0 amide bonds. The summed E-state index contributed by atoms with van der Waals surface area (Å²) < 4.78 is 3.48. The van der Waals surface area contributed by atoms with E-state index >= 15 is 0 Å². The van der Waals surface area contributed by atoms with Crippen molar-refractivity contribution in [2.24, 2.45) is 0 Å². The Morgan fingerprint density at radius 3 is 2.59 bits per heavy atom. The summed E-state index contributed by atoms with van der Waals surface area (Å²) in [5.41, 5.74) is 1.69. The van der Waals surface area contributed by atoms with Crippen LogP contribution < -0.4 is 0 Å². The van der Waals surface area contributed by atoms with E-state index in [4.69, 9.17) is 23.2 Å². The van der Waals surface area contributed by atoms with Gasteiger partial charge in [0, 0.05) is 28.0 Å². The molecule has 0 saturated carbocycles. The molecule has 4 rings (SSSR count). The van der Waals surface area contributed by atoms with Crippen LogP contribution in [0.3, 0.4) is 0 Å². The molecular formula is C18H20Cl3N9S2. The third-order valence-corrected chi connectivity index (χ3v) is 6.80. The van der Waals surface area contributed by atoms with E-state index in [0.717, 1.165) is 22.8 Å². The van der Waals surface area contributed by atoms with Gasteiger partial charge in [-0.2, -0.15) is 9.50 Å². The first-order valence-electron chi connectivity index (χ1n) is 9.29. The van der Waals surface area contributed by atoms with Crippen molar-refractivity contribution in [1.82, 2.24) is 44.7 Å². The van der Waals surface area contributed by atoms with Crippen LogP contribution in [0.2, 0.25) is 10.0 Å². The average Bonchev–Trinajstić information content (AvgIpc) is 3.32. The second-order valence-corrected chi connectivity index (χ2v) is 9.67. The Labute approximate surface area is 209 Å². The Kier molecular flexibility index (Phi) is 8.59. The van der Waals surface area contributed by atoms with Crippen LogP contribution >= 0.6 is 59.1 Å². The first-order valence-corrected chi connectivity index (χ1v) is 11.9. The number of tetrazole rings is 1. The zero-order valence-electron chi connectivity index (χ0n) is 17.4. The van der Waals surface area contributed by atoms with Crippen molar-refractivity contribution in [3.05, 3.63) is 45.6 Å². The highest BCUT2D eigenvalue weighted by atomic mass is 35.5. The molecule has 14 heteroatoms. The van der Waals surface area contributed by atoms with E-state index in [9.17, 15) is 0 Å². The predicted molar refractivity (Wildman–Crippen MR) is 129 cm³/mol. The monoisotopic (exact) mass is 531 g/mol. The summed E-state index contributed by atoms with van der Waals surface area (Å²) >= 11 is 15.4. The predicted octanol–water partition coefficient (Wildman–Crippen LogP) is 4.15. The molecule has 0 unspecified atom stereocenters. The van der Waals surface area contributed by atoms with E-state index in [0.29, 0.717) is 38.4 Å². The molecule has 0 spiro atoms. The van der Waals surface area contributed by atoms with Gasteiger partial charge in [-0.15, -0.1) is 22.6 Å². The molecule has 0 bridgehead atoms. The van der Waals surface area contributed by atoms with Crippen LogP contribution in [0.4, 0.5) is 0 Å². The van der Waals surface area contributed by atoms with E-state index in [1.165, 1.54) is 23.5 Å². The van der Waals surface area contributed by atoms with Gasteiger partial charge in [0.1, 0.15) is 5.03 Å². The Balaban J connectivity index is 0.00000289. The van der Waals surface area contributed by atoms with Crippen molar-refractivity contribution >= 4 is 64.9 Å². The maximum absolute atomic E-state index is 6.28. The molecule has 0 saturated heterocycles. The van der Waals surface area contributed by atoms with Crippen molar-refractivity contribution in [1.29, 1.82) is 0 Å². The normalized spacial score (nSPS) is 11.3. The smallest absolute Gasteiger partial charge is 0.254 e. The van der Waals surface area contributed by atoms with Gasteiger partial charge in [-0.25, -0.2) is 9.67 Å². The van der Waals surface area contributed by atoms with Crippen LogP contribution in [-0.2, 0) is 12.3 Å². The van der Waals surface area contributed by atoms with Gasteiger partial charge in [-0.1, -0.05) is 41.0 Å². The summed E-state index contributed by atoms with van der Waals surface area (Å²) in [6, 6.07) is 7.40. The van der Waals surface area contributed by atoms with Crippen LogP contribution in [0.15, 0.2) is 39.6 Å². The van der Waals surface area contributed by atoms with Crippen molar-refractivity contribution in [3.8, 4) is 0 Å². The highest BCUT2D eigenvalue weighted by Crippen LogP contribution is 2.31. The van der Waals surface area contributed by atoms with Gasteiger partial charge in [0.05, 0.1) is 6.54 Å². The number of fused-ring (bicyclic) bond motifs is 1. The van der Waals surface area contributed by atoms with Crippen molar-refractivity contribution < 1.29 is 0 Å². The minimum atomic E-state index is 0. The molecule has 32 heavy (non-hydrogen) atoms. The number of nitrogens with zero attached hydrogens (tertiary/aromatic N) is 9. The lowest BCUT2D eigenvalue weighted by atomic mass is 10.2. The Bertz CT molecular complexity index is 1190. The number of halogens is 3. The second kappa shape index (κ2) is 11.0. The van der Waals surface area contributed by atoms with Crippen molar-refractivity contribution in [2.75, 3.05) is 20.6 Å². The van der Waals surface area contributed by atoms with Crippen LogP contribution in [0.25, 0.3) is 5.78 Å². The van der Waals surface area contributed by atoms with E-state index in [1.54, 1.807) is 9.20 Å². The second-order valence-electron chi connectivity index (χ2n) is 6.92. The number of benzene rings is 1. The lowest BCUT2D eigenvalue weighted by Crippen LogP contribution is -2.19. The average molecular weight is 533 g/mol. The zero-order valence-corrected chi connectivity index (χ0v) is 21.4. The number of aromatic nitrogens is 8. The van der Waals surface area contributed by atoms with Crippen LogP contribution in [0, 0.1) is 6.92 Å². The maximum atomic E-state index is 6.28. The largest absolute Gasteiger partial charge is 0.308 e. The van der Waals surface area contributed by atoms with Gasteiger partial charge < -0.3 is 4.90 Å². The van der Waals surface area contributed by atoms with Gasteiger partial charge in [0.2, 0.25) is 10.3 Å². The molecule has 0 aliphatic carbocycles. The third kappa shape index (κ3) is 5.83. The van der Waals surface area contributed by atoms with Crippen molar-refractivity contribution in [3.63, 3.8) is 0 Å². The highest BCUT2D eigenvalue weighted by Gasteiger charge is 2.16. The van der Waals surface area contributed by atoms with E-state index in [2.05, 4.69) is 35.5 Å². The van der Waals surface area contributed by atoms with Crippen molar-refractivity contribution in [2.45, 2.75) is 34.6 Å². The molecule has 9 nitrogen and oxygen atoms in total. The van der Waals surface area contributed by atoms with E-state index < -0.39 is 0 Å². The summed E-state index contributed by atoms with van der Waals surface area (Å²) in [6.45, 7) is 3.44. The molecule has 170 valence electrons. The molecule has 4 aromatic rings. The summed E-state index contributed by atoms with van der Waals surface area (Å²) in [7, 11) is 4.02. The lowest BCUT2D eigenvalue weighted by Gasteiger charge is -2.10. The number of aryl methyl sites for hydroxylation is 1. The first-order chi connectivity index (χ1) is 14.9. The van der Waals surface area contributed by atoms with Gasteiger partial charge >= 0.3 is 0 Å². The lowest BCUT2D eigenvalue weighted by molar-refractivity contribution is 0.361. The Morgan fingerprint density at radius 1 is 1.12 bits per heavy atom. The molecule has 0 N–H and O–H groups in total.